The first kappa shape index (κ1) is 12.2. The van der Waals surface area contributed by atoms with Crippen LogP contribution < -0.4 is 0 Å². The number of benzene rings is 1. The van der Waals surface area contributed by atoms with Crippen LogP contribution in [-0.4, -0.2) is 16.6 Å². The van der Waals surface area contributed by atoms with Gasteiger partial charge in [0.2, 0.25) is 5.72 Å². The van der Waals surface area contributed by atoms with Gasteiger partial charge in [0.25, 0.3) is 5.69 Å². The van der Waals surface area contributed by atoms with Crippen LogP contribution >= 0.6 is 0 Å². The molecule has 1 aliphatic rings. The van der Waals surface area contributed by atoms with Gasteiger partial charge in [-0.25, -0.2) is 0 Å². The van der Waals surface area contributed by atoms with Crippen LogP contribution in [0.2, 0.25) is 0 Å². The van der Waals surface area contributed by atoms with Crippen LogP contribution in [0.25, 0.3) is 0 Å². The van der Waals surface area contributed by atoms with Gasteiger partial charge in [-0.3, -0.25) is 14.9 Å². The molecule has 7 heteroatoms. The lowest BCUT2D eigenvalue weighted by molar-refractivity contribution is -0.384. The third-order valence-corrected chi connectivity index (χ3v) is 2.56. The van der Waals surface area contributed by atoms with Crippen molar-refractivity contribution >= 4 is 17.3 Å². The van der Waals surface area contributed by atoms with Gasteiger partial charge in [0, 0.05) is 18.6 Å². The Bertz CT molecular complexity index is 512. The number of hydrogen-bond acceptors (Lipinski definition) is 6. The van der Waals surface area contributed by atoms with Crippen molar-refractivity contribution in [1.29, 1.82) is 0 Å². The zero-order valence-corrected chi connectivity index (χ0v) is 9.70. The van der Waals surface area contributed by atoms with E-state index in [0.717, 1.165) is 0 Å². The van der Waals surface area contributed by atoms with Crippen LogP contribution in [0.4, 0.5) is 11.4 Å². The molecular weight excluding hydrogens is 238 g/mol. The van der Waals surface area contributed by atoms with E-state index in [0.29, 0.717) is 18.5 Å². The minimum Gasteiger partial charge on any atom is -0.436 e. The van der Waals surface area contributed by atoms with Crippen LogP contribution in [0, 0.1) is 10.1 Å². The summed E-state index contributed by atoms with van der Waals surface area (Å²) in [5.74, 6) is -0.292. The largest absolute Gasteiger partial charge is 0.436 e. The average molecular weight is 249 g/mol. The third kappa shape index (κ3) is 2.68. The normalized spacial score (nSPS) is 23.3. The molecule has 0 aliphatic carbocycles. The first-order chi connectivity index (χ1) is 8.48. The maximum Gasteiger partial charge on any atom is 0.308 e. The zero-order chi connectivity index (χ0) is 13.2. The fourth-order valence-corrected chi connectivity index (χ4v) is 1.56. The van der Waals surface area contributed by atoms with Gasteiger partial charge in [-0.15, -0.1) is 5.11 Å². The molecule has 1 unspecified atom stereocenters. The second-order valence-electron chi connectivity index (χ2n) is 4.12. The van der Waals surface area contributed by atoms with E-state index in [4.69, 9.17) is 4.74 Å². The molecule has 0 saturated carbocycles. The number of carbonyl (C=O) groups is 1. The van der Waals surface area contributed by atoms with Gasteiger partial charge in [-0.05, 0) is 19.1 Å². The van der Waals surface area contributed by atoms with Crippen LogP contribution in [0.15, 0.2) is 34.5 Å². The zero-order valence-electron chi connectivity index (χ0n) is 9.70. The van der Waals surface area contributed by atoms with Gasteiger partial charge in [0.05, 0.1) is 17.0 Å². The van der Waals surface area contributed by atoms with Crippen LogP contribution in [-0.2, 0) is 9.53 Å². The monoisotopic (exact) mass is 249 g/mol. The van der Waals surface area contributed by atoms with Crippen LogP contribution in [0.1, 0.15) is 19.8 Å². The number of nitro benzene ring substituents is 1. The molecule has 0 spiro atoms. The summed E-state index contributed by atoms with van der Waals surface area (Å²) in [4.78, 5) is 21.0. The maximum absolute atomic E-state index is 11.0. The number of rotatable bonds is 3. The Labute approximate surface area is 103 Å². The molecule has 1 heterocycles. The highest BCUT2D eigenvalue weighted by molar-refractivity contribution is 5.72. The van der Waals surface area contributed by atoms with E-state index in [2.05, 4.69) is 10.2 Å². The molecule has 7 nitrogen and oxygen atoms in total. The van der Waals surface area contributed by atoms with Crippen molar-refractivity contribution in [2.45, 2.75) is 25.5 Å². The van der Waals surface area contributed by atoms with Crippen molar-refractivity contribution in [2.24, 2.45) is 10.2 Å². The number of nitro groups is 1. The summed E-state index contributed by atoms with van der Waals surface area (Å²) >= 11 is 0. The van der Waals surface area contributed by atoms with E-state index in [1.165, 1.54) is 24.3 Å². The average Bonchev–Trinajstić information content (AvgIpc) is 2.68. The molecule has 1 atom stereocenters. The molecule has 1 aromatic rings. The molecule has 0 aromatic heterocycles. The van der Waals surface area contributed by atoms with Crippen LogP contribution in [0.5, 0.6) is 0 Å². The van der Waals surface area contributed by atoms with E-state index >= 15 is 0 Å². The number of nitrogens with zero attached hydrogens (tertiary/aromatic N) is 3. The summed E-state index contributed by atoms with van der Waals surface area (Å²) in [5.41, 5.74) is -0.448. The number of azo groups is 1. The van der Waals surface area contributed by atoms with Gasteiger partial charge in [-0.1, -0.05) is 0 Å². The van der Waals surface area contributed by atoms with Crippen molar-refractivity contribution in [2.75, 3.05) is 0 Å². The maximum atomic E-state index is 11.0. The fourth-order valence-electron chi connectivity index (χ4n) is 1.56. The fraction of sp³-hybridized carbons (Fsp3) is 0.364. The highest BCUT2D eigenvalue weighted by atomic mass is 16.6. The molecule has 94 valence electrons. The molecule has 0 radical (unpaired) electrons. The van der Waals surface area contributed by atoms with Crippen molar-refractivity contribution in [3.8, 4) is 0 Å². The summed E-state index contributed by atoms with van der Waals surface area (Å²) < 4.78 is 5.02. The topological polar surface area (TPSA) is 94.2 Å². The highest BCUT2D eigenvalue weighted by Crippen LogP contribution is 2.29. The number of ether oxygens (including phenoxy) is 1. The Hall–Kier alpha value is -2.31. The molecule has 1 aromatic carbocycles. The molecule has 1 saturated heterocycles. The number of cyclic esters (lactones) is 1. The summed E-state index contributed by atoms with van der Waals surface area (Å²) in [6.07, 6.45) is 0.818. The number of carbonyl (C=O) groups excluding carboxylic acids is 1. The molecule has 0 amide bonds. The SMILES string of the molecule is CC1(N=Nc2ccc([N+](=O)[O-])cc2)CCC(=O)O1. The summed E-state index contributed by atoms with van der Waals surface area (Å²) in [5, 5.41) is 18.3. The summed E-state index contributed by atoms with van der Waals surface area (Å²) in [7, 11) is 0. The van der Waals surface area contributed by atoms with E-state index in [1.54, 1.807) is 6.92 Å². The quantitative estimate of drug-likeness (QED) is 0.356. The minimum atomic E-state index is -0.918. The number of esters is 1. The smallest absolute Gasteiger partial charge is 0.308 e. The van der Waals surface area contributed by atoms with Gasteiger partial charge in [0.15, 0.2) is 0 Å². The van der Waals surface area contributed by atoms with Crippen molar-refractivity contribution in [3.63, 3.8) is 0 Å². The van der Waals surface area contributed by atoms with Crippen molar-refractivity contribution in [3.05, 3.63) is 34.4 Å². The van der Waals surface area contributed by atoms with E-state index in [1.807, 2.05) is 0 Å². The standard InChI is InChI=1S/C11H11N3O4/c1-11(7-6-10(15)18-11)13-12-8-2-4-9(5-3-8)14(16)17/h2-5H,6-7H2,1H3. The Morgan fingerprint density at radius 2 is 2.06 bits per heavy atom. The molecular formula is C11H11N3O4. The Morgan fingerprint density at radius 3 is 2.56 bits per heavy atom. The molecule has 1 aliphatic heterocycles. The third-order valence-electron chi connectivity index (χ3n) is 2.56. The molecule has 1 fully saturated rings. The Kier molecular flexibility index (Phi) is 3.05. The van der Waals surface area contributed by atoms with E-state index in [-0.39, 0.29) is 11.7 Å². The Morgan fingerprint density at radius 1 is 1.39 bits per heavy atom. The van der Waals surface area contributed by atoms with Crippen molar-refractivity contribution < 1.29 is 14.5 Å². The second kappa shape index (κ2) is 4.52. The van der Waals surface area contributed by atoms with Crippen LogP contribution in [0.3, 0.4) is 0 Å². The van der Waals surface area contributed by atoms with Gasteiger partial charge in [-0.2, -0.15) is 5.11 Å². The molecule has 0 bridgehead atoms. The lowest BCUT2D eigenvalue weighted by Crippen LogP contribution is -2.19. The van der Waals surface area contributed by atoms with E-state index in [9.17, 15) is 14.9 Å². The first-order valence-electron chi connectivity index (χ1n) is 5.38. The lowest BCUT2D eigenvalue weighted by atomic mass is 10.2. The minimum absolute atomic E-state index is 0.00699. The highest BCUT2D eigenvalue weighted by Gasteiger charge is 2.35. The van der Waals surface area contributed by atoms with Gasteiger partial charge >= 0.3 is 5.97 Å². The molecule has 0 N–H and O–H groups in total. The number of non-ortho nitro benzene ring substituents is 1. The second-order valence-corrected chi connectivity index (χ2v) is 4.12. The molecule has 2 rings (SSSR count). The molecule has 18 heavy (non-hydrogen) atoms. The lowest BCUT2D eigenvalue weighted by Gasteiger charge is -2.14. The van der Waals surface area contributed by atoms with Gasteiger partial charge in [0.1, 0.15) is 0 Å². The summed E-state index contributed by atoms with van der Waals surface area (Å²) in [6, 6.07) is 5.66. The summed E-state index contributed by atoms with van der Waals surface area (Å²) in [6.45, 7) is 1.67. The first-order valence-corrected chi connectivity index (χ1v) is 5.38. The van der Waals surface area contributed by atoms with E-state index < -0.39 is 10.6 Å². The Balaban J connectivity index is 2.09. The number of hydrogen-bond donors (Lipinski definition) is 0. The predicted octanol–water partition coefficient (Wildman–Crippen LogP) is 2.73. The van der Waals surface area contributed by atoms with Crippen molar-refractivity contribution in [1.82, 2.24) is 0 Å². The predicted molar refractivity (Wildman–Crippen MR) is 61.3 cm³/mol. The van der Waals surface area contributed by atoms with Gasteiger partial charge < -0.3 is 4.74 Å².